The van der Waals surface area contributed by atoms with Crippen molar-refractivity contribution >= 4 is 11.9 Å². The number of benzene rings is 1. The van der Waals surface area contributed by atoms with Crippen LogP contribution in [0.15, 0.2) is 18.2 Å². The zero-order chi connectivity index (χ0) is 20.4. The number of aryl methyl sites for hydroxylation is 1. The molecule has 0 aliphatic heterocycles. The van der Waals surface area contributed by atoms with Gasteiger partial charge < -0.3 is 24.1 Å². The summed E-state index contributed by atoms with van der Waals surface area (Å²) >= 11 is 0. The molecule has 1 heterocycles. The molecule has 7 nitrogen and oxygen atoms in total. The molecule has 0 unspecified atom stereocenters. The van der Waals surface area contributed by atoms with Crippen LogP contribution in [0.4, 0.5) is 0 Å². The van der Waals surface area contributed by atoms with Gasteiger partial charge in [0.15, 0.2) is 0 Å². The highest BCUT2D eigenvalue weighted by atomic mass is 16.5. The van der Waals surface area contributed by atoms with Gasteiger partial charge in [0.05, 0.1) is 33.4 Å². The lowest BCUT2D eigenvalue weighted by molar-refractivity contribution is 0.0599. The number of rotatable bonds is 7. The minimum absolute atomic E-state index is 0.136. The van der Waals surface area contributed by atoms with E-state index in [1.807, 2.05) is 23.1 Å². The maximum Gasteiger partial charge on any atom is 0.339 e. The summed E-state index contributed by atoms with van der Waals surface area (Å²) in [6.07, 6.45) is 1.92. The molecule has 1 saturated carbocycles. The zero-order valence-corrected chi connectivity index (χ0v) is 16.9. The Morgan fingerprint density at radius 2 is 1.86 bits per heavy atom. The summed E-state index contributed by atoms with van der Waals surface area (Å²) in [4.78, 5) is 30.3. The van der Waals surface area contributed by atoms with Gasteiger partial charge in [0.25, 0.3) is 5.91 Å². The molecule has 28 heavy (non-hydrogen) atoms. The number of H-pyrrole nitrogens is 1. The summed E-state index contributed by atoms with van der Waals surface area (Å²) < 4.78 is 15.6. The molecule has 1 N–H and O–H groups in total. The minimum atomic E-state index is -0.447. The smallest absolute Gasteiger partial charge is 0.339 e. The van der Waals surface area contributed by atoms with Gasteiger partial charge in [-0.3, -0.25) is 4.79 Å². The van der Waals surface area contributed by atoms with Crippen LogP contribution in [0.3, 0.4) is 0 Å². The summed E-state index contributed by atoms with van der Waals surface area (Å²) in [6, 6.07) is 5.72. The van der Waals surface area contributed by atoms with Crippen molar-refractivity contribution in [3.8, 4) is 11.5 Å². The fraction of sp³-hybridized carbons (Fsp3) is 0.429. The number of hydrogen-bond donors (Lipinski definition) is 1. The maximum atomic E-state index is 13.4. The van der Waals surface area contributed by atoms with Crippen LogP contribution in [-0.4, -0.2) is 49.1 Å². The summed E-state index contributed by atoms with van der Waals surface area (Å²) in [7, 11) is 4.55. The van der Waals surface area contributed by atoms with Crippen LogP contribution in [0.2, 0.25) is 0 Å². The summed E-state index contributed by atoms with van der Waals surface area (Å²) in [6.45, 7) is 3.93. The van der Waals surface area contributed by atoms with Gasteiger partial charge in [-0.05, 0) is 50.5 Å². The molecule has 1 amide bonds. The molecule has 1 fully saturated rings. The molecular weight excluding hydrogens is 360 g/mol. The first-order valence-electron chi connectivity index (χ1n) is 9.20. The van der Waals surface area contributed by atoms with Gasteiger partial charge in [-0.15, -0.1) is 0 Å². The molecular formula is C21H26N2O5. The molecule has 1 aromatic carbocycles. The standard InChI is InChI=1S/C21H26N2O5/c1-12-18(21(25)28-5)13(2)22-19(12)20(24)23(15-6-7-15)11-14-10-16(26-3)8-9-17(14)27-4/h8-10,15,22H,6-7,11H2,1-5H3. The lowest BCUT2D eigenvalue weighted by atomic mass is 10.1. The molecule has 1 aromatic heterocycles. The number of aromatic amines is 1. The molecule has 0 spiro atoms. The van der Waals surface area contributed by atoms with E-state index in [1.54, 1.807) is 28.1 Å². The second kappa shape index (κ2) is 7.96. The summed E-state index contributed by atoms with van der Waals surface area (Å²) in [5, 5.41) is 0. The van der Waals surface area contributed by atoms with Gasteiger partial charge in [-0.2, -0.15) is 0 Å². The molecule has 0 bridgehead atoms. The van der Waals surface area contributed by atoms with E-state index < -0.39 is 5.97 Å². The monoisotopic (exact) mass is 386 g/mol. The summed E-state index contributed by atoms with van der Waals surface area (Å²) in [5.74, 6) is 0.827. The fourth-order valence-electron chi connectivity index (χ4n) is 3.46. The van der Waals surface area contributed by atoms with Crippen molar-refractivity contribution in [3.63, 3.8) is 0 Å². The van der Waals surface area contributed by atoms with Crippen molar-refractivity contribution in [2.75, 3.05) is 21.3 Å². The highest BCUT2D eigenvalue weighted by Gasteiger charge is 2.36. The predicted octanol–water partition coefficient (Wildman–Crippen LogP) is 3.24. The number of aromatic nitrogens is 1. The Bertz CT molecular complexity index is 898. The minimum Gasteiger partial charge on any atom is -0.497 e. The molecule has 150 valence electrons. The second-order valence-corrected chi connectivity index (χ2v) is 6.96. The van der Waals surface area contributed by atoms with Crippen molar-refractivity contribution in [2.24, 2.45) is 0 Å². The Morgan fingerprint density at radius 1 is 1.14 bits per heavy atom. The molecule has 0 radical (unpaired) electrons. The molecule has 2 aromatic rings. The largest absolute Gasteiger partial charge is 0.497 e. The average molecular weight is 386 g/mol. The van der Waals surface area contributed by atoms with E-state index in [1.165, 1.54) is 7.11 Å². The first-order valence-corrected chi connectivity index (χ1v) is 9.20. The number of hydrogen-bond acceptors (Lipinski definition) is 5. The van der Waals surface area contributed by atoms with E-state index in [9.17, 15) is 9.59 Å². The van der Waals surface area contributed by atoms with Crippen molar-refractivity contribution in [2.45, 2.75) is 39.3 Å². The predicted molar refractivity (Wildman–Crippen MR) is 104 cm³/mol. The number of carbonyl (C=O) groups excluding carboxylic acids is 2. The number of ether oxygens (including phenoxy) is 3. The third-order valence-corrected chi connectivity index (χ3v) is 5.12. The van der Waals surface area contributed by atoms with Crippen molar-refractivity contribution < 1.29 is 23.8 Å². The molecule has 1 aliphatic rings. The van der Waals surface area contributed by atoms with Gasteiger partial charge >= 0.3 is 5.97 Å². The van der Waals surface area contributed by atoms with Crippen LogP contribution in [0.1, 0.15) is 50.5 Å². The van der Waals surface area contributed by atoms with Crippen LogP contribution in [-0.2, 0) is 11.3 Å². The third kappa shape index (κ3) is 3.69. The normalized spacial score (nSPS) is 13.2. The lowest BCUT2D eigenvalue weighted by Gasteiger charge is -2.24. The molecule has 7 heteroatoms. The van der Waals surface area contributed by atoms with Crippen molar-refractivity contribution in [1.29, 1.82) is 0 Å². The van der Waals surface area contributed by atoms with E-state index in [0.29, 0.717) is 40.6 Å². The number of amides is 1. The van der Waals surface area contributed by atoms with E-state index in [-0.39, 0.29) is 11.9 Å². The van der Waals surface area contributed by atoms with Crippen LogP contribution in [0, 0.1) is 13.8 Å². The van der Waals surface area contributed by atoms with Gasteiger partial charge in [-0.25, -0.2) is 4.79 Å². The Kier molecular flexibility index (Phi) is 5.63. The maximum absolute atomic E-state index is 13.4. The molecule has 0 atom stereocenters. The number of nitrogens with one attached hydrogen (secondary N) is 1. The van der Waals surface area contributed by atoms with Crippen LogP contribution in [0.25, 0.3) is 0 Å². The van der Waals surface area contributed by atoms with Gasteiger partial charge in [0, 0.05) is 17.3 Å². The zero-order valence-electron chi connectivity index (χ0n) is 16.9. The number of esters is 1. The first-order chi connectivity index (χ1) is 13.4. The number of methoxy groups -OCH3 is 3. The molecule has 1 aliphatic carbocycles. The second-order valence-electron chi connectivity index (χ2n) is 6.96. The lowest BCUT2D eigenvalue weighted by Crippen LogP contribution is -2.33. The van der Waals surface area contributed by atoms with E-state index in [4.69, 9.17) is 14.2 Å². The fourth-order valence-corrected chi connectivity index (χ4v) is 3.46. The van der Waals surface area contributed by atoms with E-state index >= 15 is 0 Å². The molecule has 0 saturated heterocycles. The van der Waals surface area contributed by atoms with E-state index in [2.05, 4.69) is 4.98 Å². The van der Waals surface area contributed by atoms with Crippen molar-refractivity contribution in [1.82, 2.24) is 9.88 Å². The van der Waals surface area contributed by atoms with Crippen LogP contribution in [0.5, 0.6) is 11.5 Å². The number of nitrogens with zero attached hydrogens (tertiary/aromatic N) is 1. The van der Waals surface area contributed by atoms with E-state index in [0.717, 1.165) is 18.4 Å². The Labute approximate surface area is 164 Å². The molecule has 3 rings (SSSR count). The average Bonchev–Trinajstić information content (AvgIpc) is 3.49. The number of carbonyl (C=O) groups is 2. The van der Waals surface area contributed by atoms with Crippen LogP contribution < -0.4 is 9.47 Å². The van der Waals surface area contributed by atoms with Gasteiger partial charge in [-0.1, -0.05) is 0 Å². The SMILES string of the molecule is COC(=O)c1c(C)[nH]c(C(=O)N(Cc2cc(OC)ccc2OC)C2CC2)c1C. The van der Waals surface area contributed by atoms with Gasteiger partial charge in [0.1, 0.15) is 17.2 Å². The first kappa shape index (κ1) is 19.8. The Morgan fingerprint density at radius 3 is 2.43 bits per heavy atom. The highest BCUT2D eigenvalue weighted by Crippen LogP contribution is 2.34. The third-order valence-electron chi connectivity index (χ3n) is 5.12. The van der Waals surface area contributed by atoms with Crippen LogP contribution >= 0.6 is 0 Å². The highest BCUT2D eigenvalue weighted by molar-refractivity contribution is 6.00. The Hall–Kier alpha value is -2.96. The van der Waals surface area contributed by atoms with Crippen molar-refractivity contribution in [3.05, 3.63) is 46.3 Å². The van der Waals surface area contributed by atoms with Gasteiger partial charge in [0.2, 0.25) is 0 Å². The Balaban J connectivity index is 1.94. The summed E-state index contributed by atoms with van der Waals surface area (Å²) in [5.41, 5.74) is 2.95. The topological polar surface area (TPSA) is 80.9 Å². The quantitative estimate of drug-likeness (QED) is 0.739.